The first kappa shape index (κ1) is 83.2. The number of carbonyl (C=O) groups is 1. The second kappa shape index (κ2) is 66.6. The second-order valence-corrected chi connectivity index (χ2v) is 27.0. The van der Waals surface area contributed by atoms with E-state index in [2.05, 4.69) is 116 Å². The number of aliphatic hydroxyl groups excluding tert-OH is 1. The Morgan fingerprint density at radius 1 is 0.419 bits per heavy atom. The summed E-state index contributed by atoms with van der Waals surface area (Å²) in [5, 5.41) is 14.0. The highest BCUT2D eigenvalue weighted by Gasteiger charge is 2.23. The predicted molar refractivity (Wildman–Crippen MR) is 376 cm³/mol. The minimum absolute atomic E-state index is 0.00310. The fourth-order valence-corrected chi connectivity index (χ4v) is 11.1. The van der Waals surface area contributed by atoms with Crippen LogP contribution in [0, 0.1) is 0 Å². The third kappa shape index (κ3) is 68.6. The average molecular weight is 1220 g/mol. The van der Waals surface area contributed by atoms with Crippen LogP contribution in [0.3, 0.4) is 0 Å². The van der Waals surface area contributed by atoms with Crippen LogP contribution in [0.2, 0.25) is 0 Å². The molecule has 3 unspecified atom stereocenters. The fraction of sp³-hybridized carbons (Fsp3) is 0.753. The third-order valence-corrected chi connectivity index (χ3v) is 17.0. The van der Waals surface area contributed by atoms with Crippen LogP contribution in [-0.2, 0) is 18.4 Å². The normalized spacial score (nSPS) is 14.3. The van der Waals surface area contributed by atoms with Gasteiger partial charge in [0.2, 0.25) is 5.91 Å². The third-order valence-electron chi connectivity index (χ3n) is 16.0. The molecule has 8 nitrogen and oxygen atoms in total. The molecule has 0 radical (unpaired) electrons. The number of aliphatic hydroxyl groups is 1. The highest BCUT2D eigenvalue weighted by molar-refractivity contribution is 7.45. The summed E-state index contributed by atoms with van der Waals surface area (Å²) in [6, 6.07) is -0.892. The Morgan fingerprint density at radius 2 is 0.709 bits per heavy atom. The molecule has 0 aliphatic carbocycles. The number of rotatable bonds is 66. The zero-order valence-electron chi connectivity index (χ0n) is 57.0. The number of nitrogens with zero attached hydrogens (tertiary/aromatic N) is 1. The molecule has 0 rings (SSSR count). The summed E-state index contributed by atoms with van der Waals surface area (Å²) < 4.78 is 23.5. The number of phosphoric acid groups is 1. The molecule has 0 aromatic rings. The number of quaternary nitrogens is 1. The Kier molecular flexibility index (Phi) is 64.4. The van der Waals surface area contributed by atoms with E-state index in [0.29, 0.717) is 17.4 Å². The molecule has 0 heterocycles. The number of allylic oxidation sites excluding steroid dienone is 17. The van der Waals surface area contributed by atoms with Gasteiger partial charge in [0.25, 0.3) is 7.82 Å². The van der Waals surface area contributed by atoms with E-state index >= 15 is 0 Å². The summed E-state index contributed by atoms with van der Waals surface area (Å²) in [6.07, 6.45) is 97.8. The van der Waals surface area contributed by atoms with Gasteiger partial charge in [-0.1, -0.05) is 342 Å². The smallest absolute Gasteiger partial charge is 0.268 e. The van der Waals surface area contributed by atoms with Crippen molar-refractivity contribution in [2.24, 2.45) is 0 Å². The van der Waals surface area contributed by atoms with Gasteiger partial charge in [0.1, 0.15) is 13.2 Å². The quantitative estimate of drug-likeness (QED) is 0.0272. The maximum Gasteiger partial charge on any atom is 0.268 e. The highest BCUT2D eigenvalue weighted by Crippen LogP contribution is 2.38. The van der Waals surface area contributed by atoms with E-state index < -0.39 is 20.0 Å². The number of amides is 1. The lowest BCUT2D eigenvalue weighted by molar-refractivity contribution is -0.870. The first-order valence-electron chi connectivity index (χ1n) is 36.2. The minimum atomic E-state index is -4.61. The van der Waals surface area contributed by atoms with E-state index in [1.54, 1.807) is 6.08 Å². The van der Waals surface area contributed by atoms with Crippen molar-refractivity contribution in [3.8, 4) is 0 Å². The first-order valence-corrected chi connectivity index (χ1v) is 37.7. The Bertz CT molecular complexity index is 1770. The van der Waals surface area contributed by atoms with E-state index in [-0.39, 0.29) is 19.1 Å². The Balaban J connectivity index is 4.03. The van der Waals surface area contributed by atoms with Gasteiger partial charge >= 0.3 is 0 Å². The van der Waals surface area contributed by atoms with Crippen LogP contribution in [0.25, 0.3) is 0 Å². The van der Waals surface area contributed by atoms with Crippen LogP contribution in [0.4, 0.5) is 0 Å². The number of hydrogen-bond acceptors (Lipinski definition) is 6. The maximum atomic E-state index is 13.0. The van der Waals surface area contributed by atoms with Crippen LogP contribution in [-0.4, -0.2) is 68.5 Å². The summed E-state index contributed by atoms with van der Waals surface area (Å²) in [7, 11) is 1.26. The summed E-state index contributed by atoms with van der Waals surface area (Å²) >= 11 is 0. The van der Waals surface area contributed by atoms with Gasteiger partial charge in [0, 0.05) is 6.42 Å². The average Bonchev–Trinajstić information content (AvgIpc) is 3.70. The van der Waals surface area contributed by atoms with E-state index in [1.165, 1.54) is 212 Å². The number of likely N-dealkylation sites (N-methyl/N-ethyl adjacent to an activating group) is 1. The van der Waals surface area contributed by atoms with Gasteiger partial charge in [-0.15, -0.1) is 0 Å². The molecule has 0 aliphatic rings. The van der Waals surface area contributed by atoms with Crippen LogP contribution in [0.5, 0.6) is 0 Å². The fourth-order valence-electron chi connectivity index (χ4n) is 10.4. The second-order valence-electron chi connectivity index (χ2n) is 25.6. The molecular formula is C77H139N2O6P. The SMILES string of the molecule is CC/C=C\C/C=C\C/C=C\C/C=C\C/C=C\C/C=C\C/C=C\C/C=C\CCCCCCCCCCCCCCCCCCC(=O)NC(COP(=O)([O-])OCC[N+](C)(C)C)C(O)/C=C/CCCCCCCCCCCCCCCCCCCCCCC. The molecule has 2 N–H and O–H groups in total. The molecule has 0 aliphatic heterocycles. The van der Waals surface area contributed by atoms with Gasteiger partial charge in [-0.25, -0.2) is 0 Å². The summed E-state index contributed by atoms with van der Waals surface area (Å²) in [5.74, 6) is -0.196. The topological polar surface area (TPSA) is 108 Å². The van der Waals surface area contributed by atoms with Crippen molar-refractivity contribution in [1.82, 2.24) is 5.32 Å². The van der Waals surface area contributed by atoms with Crippen LogP contribution >= 0.6 is 7.82 Å². The molecule has 9 heteroatoms. The number of hydrogen-bond donors (Lipinski definition) is 2. The first-order chi connectivity index (χ1) is 42.0. The Morgan fingerprint density at radius 3 is 1.03 bits per heavy atom. The molecule has 0 saturated carbocycles. The van der Waals surface area contributed by atoms with Gasteiger partial charge < -0.3 is 28.8 Å². The minimum Gasteiger partial charge on any atom is -0.756 e. The van der Waals surface area contributed by atoms with Crippen LogP contribution < -0.4 is 10.2 Å². The molecule has 0 saturated heterocycles. The predicted octanol–water partition coefficient (Wildman–Crippen LogP) is 22.8. The molecule has 0 aromatic heterocycles. The van der Waals surface area contributed by atoms with Crippen molar-refractivity contribution in [1.29, 1.82) is 0 Å². The standard InChI is InChI=1S/C77H139N2O6P/c1-6-8-10-12-14-16-18-20-22-24-26-28-30-31-32-33-34-35-36-37-38-39-40-41-42-43-44-45-46-47-49-51-53-55-57-59-61-63-65-67-69-71-77(81)78-75(74-85-86(82,83)84-73-72-79(3,4)5)76(80)70-68-66-64-62-60-58-56-54-52-50-48-29-27-25-23-21-19-17-15-13-11-9-7-2/h8,10,14,16,20,22,26,28,31-32,34-35,37-38,40-41,68,70,75-76,80H,6-7,9,11-13,15,17-19,21,23-25,27,29-30,33,36,39,42-67,69,71-74H2,1-5H3,(H-,78,81,82,83)/b10-8-,16-14-,22-20-,28-26-,32-31-,35-34-,38-37-,41-40-,70-68+. The Labute approximate surface area is 533 Å². The molecule has 498 valence electrons. The summed E-state index contributed by atoms with van der Waals surface area (Å²) in [4.78, 5) is 25.6. The number of nitrogens with one attached hydrogen (secondary N) is 1. The van der Waals surface area contributed by atoms with Crippen molar-refractivity contribution >= 4 is 13.7 Å². The lowest BCUT2D eigenvalue weighted by atomic mass is 10.0. The van der Waals surface area contributed by atoms with E-state index in [1.807, 2.05) is 27.2 Å². The molecule has 1 amide bonds. The lowest BCUT2D eigenvalue weighted by Gasteiger charge is -2.29. The van der Waals surface area contributed by atoms with Gasteiger partial charge in [0.15, 0.2) is 0 Å². The maximum absolute atomic E-state index is 13.0. The molecule has 0 fully saturated rings. The number of phosphoric ester groups is 1. The van der Waals surface area contributed by atoms with Gasteiger partial charge in [-0.05, 0) is 83.5 Å². The molecular weight excluding hydrogens is 1080 g/mol. The van der Waals surface area contributed by atoms with Crippen molar-refractivity contribution in [2.45, 2.75) is 334 Å². The van der Waals surface area contributed by atoms with E-state index in [0.717, 1.165) is 89.9 Å². The van der Waals surface area contributed by atoms with Gasteiger partial charge in [0.05, 0.1) is 39.9 Å². The van der Waals surface area contributed by atoms with Crippen molar-refractivity contribution in [2.75, 3.05) is 40.9 Å². The molecule has 3 atom stereocenters. The number of unbranched alkanes of at least 4 members (excludes halogenated alkanes) is 37. The molecule has 0 spiro atoms. The number of carbonyl (C=O) groups excluding carboxylic acids is 1. The van der Waals surface area contributed by atoms with Crippen LogP contribution in [0.1, 0.15) is 322 Å². The highest BCUT2D eigenvalue weighted by atomic mass is 31.2. The van der Waals surface area contributed by atoms with Gasteiger partial charge in [-0.2, -0.15) is 0 Å². The zero-order chi connectivity index (χ0) is 62.6. The van der Waals surface area contributed by atoms with Crippen molar-refractivity contribution in [3.05, 3.63) is 109 Å². The summed E-state index contributed by atoms with van der Waals surface area (Å²) in [5.41, 5.74) is 0. The monoisotopic (exact) mass is 1220 g/mol. The molecule has 86 heavy (non-hydrogen) atoms. The van der Waals surface area contributed by atoms with E-state index in [4.69, 9.17) is 9.05 Å². The van der Waals surface area contributed by atoms with Crippen molar-refractivity contribution in [3.63, 3.8) is 0 Å². The molecule has 0 bridgehead atoms. The Hall–Kier alpha value is -2.84. The lowest BCUT2D eigenvalue weighted by Crippen LogP contribution is -2.45. The van der Waals surface area contributed by atoms with Crippen LogP contribution in [0.15, 0.2) is 109 Å². The molecule has 0 aromatic carbocycles. The van der Waals surface area contributed by atoms with Gasteiger partial charge in [-0.3, -0.25) is 9.36 Å². The van der Waals surface area contributed by atoms with Crippen molar-refractivity contribution < 1.29 is 32.9 Å². The zero-order valence-corrected chi connectivity index (χ0v) is 57.9. The van der Waals surface area contributed by atoms with E-state index in [9.17, 15) is 19.4 Å². The summed E-state index contributed by atoms with van der Waals surface area (Å²) in [6.45, 7) is 4.57. The largest absolute Gasteiger partial charge is 0.756 e.